The van der Waals surface area contributed by atoms with Gasteiger partial charge < -0.3 is 10.6 Å². The molecule has 2 fully saturated rings. The molecule has 0 unspecified atom stereocenters. The van der Waals surface area contributed by atoms with E-state index in [0.29, 0.717) is 18.0 Å². The first-order chi connectivity index (χ1) is 11.0. The lowest BCUT2D eigenvalue weighted by molar-refractivity contribution is -0.131. The van der Waals surface area contributed by atoms with Gasteiger partial charge in [-0.05, 0) is 19.3 Å². The van der Waals surface area contributed by atoms with Gasteiger partial charge in [-0.3, -0.25) is 14.5 Å². The molecule has 2 heterocycles. The van der Waals surface area contributed by atoms with Gasteiger partial charge in [0.05, 0.1) is 0 Å². The Labute approximate surface area is 137 Å². The average molecular weight is 337 g/mol. The monoisotopic (exact) mass is 337 g/mol. The molecule has 3 rings (SSSR count). The Hall–Kier alpha value is -2.03. The van der Waals surface area contributed by atoms with Crippen LogP contribution in [0, 0.1) is 0 Å². The Balaban J connectivity index is 1.54. The van der Waals surface area contributed by atoms with E-state index in [1.807, 2.05) is 6.92 Å². The molecule has 2 aliphatic rings. The van der Waals surface area contributed by atoms with Crippen LogP contribution in [0.15, 0.2) is 0 Å². The highest BCUT2D eigenvalue weighted by Gasteiger charge is 2.52. The number of anilines is 1. The third-order valence-electron chi connectivity index (χ3n) is 4.28. The number of hydrogen-bond donors (Lipinski definition) is 2. The average Bonchev–Trinajstić information content (AvgIpc) is 3.21. The number of nitrogens with one attached hydrogen (secondary N) is 2. The second-order valence-corrected chi connectivity index (χ2v) is 6.89. The zero-order valence-corrected chi connectivity index (χ0v) is 13.7. The molecule has 8 nitrogen and oxygen atoms in total. The lowest BCUT2D eigenvalue weighted by atomic mass is 9.98. The van der Waals surface area contributed by atoms with Crippen LogP contribution in [0.1, 0.15) is 44.0 Å². The predicted molar refractivity (Wildman–Crippen MR) is 84.0 cm³/mol. The van der Waals surface area contributed by atoms with E-state index in [-0.39, 0.29) is 24.8 Å². The van der Waals surface area contributed by atoms with Gasteiger partial charge in [-0.2, -0.15) is 0 Å². The number of amides is 4. The van der Waals surface area contributed by atoms with Crippen molar-refractivity contribution in [3.8, 4) is 0 Å². The summed E-state index contributed by atoms with van der Waals surface area (Å²) in [4.78, 5) is 37.6. The largest absolute Gasteiger partial charge is 0.325 e. The molecule has 1 saturated heterocycles. The van der Waals surface area contributed by atoms with Crippen molar-refractivity contribution in [3.05, 3.63) is 5.01 Å². The number of urea groups is 1. The van der Waals surface area contributed by atoms with Crippen LogP contribution < -0.4 is 10.6 Å². The summed E-state index contributed by atoms with van der Waals surface area (Å²) in [7, 11) is 0. The first kappa shape index (κ1) is 15.9. The summed E-state index contributed by atoms with van der Waals surface area (Å²) in [6.07, 6.45) is 4.07. The van der Waals surface area contributed by atoms with Crippen molar-refractivity contribution in [1.82, 2.24) is 20.4 Å². The molecule has 2 N–H and O–H groups in total. The molecule has 1 saturated carbocycles. The molecule has 124 valence electrons. The summed E-state index contributed by atoms with van der Waals surface area (Å²) in [5.41, 5.74) is -0.719. The minimum atomic E-state index is -0.719. The maximum Gasteiger partial charge on any atom is 0.325 e. The van der Waals surface area contributed by atoms with Crippen LogP contribution >= 0.6 is 11.3 Å². The molecule has 0 bridgehead atoms. The number of aryl methyl sites for hydroxylation is 1. The van der Waals surface area contributed by atoms with Crippen LogP contribution in [0.4, 0.5) is 9.93 Å². The molecule has 1 spiro atoms. The van der Waals surface area contributed by atoms with Gasteiger partial charge in [0.2, 0.25) is 11.0 Å². The minimum Gasteiger partial charge on any atom is -0.323 e. The number of carbonyl (C=O) groups is 3. The fraction of sp³-hybridized carbons (Fsp3) is 0.643. The first-order valence-electron chi connectivity index (χ1n) is 7.80. The van der Waals surface area contributed by atoms with E-state index < -0.39 is 11.6 Å². The van der Waals surface area contributed by atoms with E-state index in [9.17, 15) is 14.4 Å². The Morgan fingerprint density at radius 2 is 2.09 bits per heavy atom. The van der Waals surface area contributed by atoms with Crippen molar-refractivity contribution in [2.45, 2.75) is 51.0 Å². The lowest BCUT2D eigenvalue weighted by Gasteiger charge is -2.19. The van der Waals surface area contributed by atoms with E-state index in [0.717, 1.165) is 29.2 Å². The van der Waals surface area contributed by atoms with Gasteiger partial charge in [0.15, 0.2) is 0 Å². The number of rotatable bonds is 5. The van der Waals surface area contributed by atoms with Crippen LogP contribution in [0.5, 0.6) is 0 Å². The highest BCUT2D eigenvalue weighted by Crippen LogP contribution is 2.35. The molecular formula is C14H19N5O3S. The molecule has 1 aromatic rings. The molecule has 1 aliphatic carbocycles. The molecule has 23 heavy (non-hydrogen) atoms. The maximum absolute atomic E-state index is 12.4. The fourth-order valence-electron chi connectivity index (χ4n) is 3.04. The number of nitrogens with zero attached hydrogens (tertiary/aromatic N) is 3. The normalized spacial score (nSPS) is 19.4. The summed E-state index contributed by atoms with van der Waals surface area (Å²) in [5, 5.41) is 14.5. The molecule has 1 aliphatic heterocycles. The summed E-state index contributed by atoms with van der Waals surface area (Å²) in [6, 6.07) is -0.395. The maximum atomic E-state index is 12.4. The van der Waals surface area contributed by atoms with E-state index in [4.69, 9.17) is 0 Å². The Bertz CT molecular complexity index is 638. The lowest BCUT2D eigenvalue weighted by Crippen LogP contribution is -2.44. The van der Waals surface area contributed by atoms with Gasteiger partial charge in [0.25, 0.3) is 5.91 Å². The quantitative estimate of drug-likeness (QED) is 0.788. The van der Waals surface area contributed by atoms with Crippen molar-refractivity contribution >= 4 is 34.3 Å². The molecule has 0 radical (unpaired) electrons. The van der Waals surface area contributed by atoms with E-state index in [2.05, 4.69) is 20.8 Å². The highest BCUT2D eigenvalue weighted by atomic mass is 32.1. The van der Waals surface area contributed by atoms with E-state index >= 15 is 0 Å². The molecular weight excluding hydrogens is 318 g/mol. The van der Waals surface area contributed by atoms with Gasteiger partial charge in [-0.1, -0.05) is 31.1 Å². The molecule has 4 amide bonds. The Morgan fingerprint density at radius 1 is 1.35 bits per heavy atom. The summed E-state index contributed by atoms with van der Waals surface area (Å²) in [5.74, 6) is -0.478. The predicted octanol–water partition coefficient (Wildman–Crippen LogP) is 1.29. The summed E-state index contributed by atoms with van der Waals surface area (Å²) >= 11 is 1.32. The highest BCUT2D eigenvalue weighted by molar-refractivity contribution is 7.15. The van der Waals surface area contributed by atoms with Gasteiger partial charge in [-0.15, -0.1) is 10.2 Å². The SMILES string of the molecule is CCc1nnc(NC(=O)CCN2C(=O)NC3(CCCC3)C2=O)s1. The topological polar surface area (TPSA) is 104 Å². The standard InChI is InChI=1S/C14H19N5O3S/c1-2-10-17-18-12(23-10)15-9(20)5-8-19-11(21)14(16-13(19)22)6-3-4-7-14/h2-8H2,1H3,(H,16,22)(H,15,18,20). The molecule has 0 atom stereocenters. The number of aromatic nitrogens is 2. The van der Waals surface area contributed by atoms with Gasteiger partial charge in [-0.25, -0.2) is 4.79 Å². The summed E-state index contributed by atoms with van der Waals surface area (Å²) in [6.45, 7) is 2.04. The summed E-state index contributed by atoms with van der Waals surface area (Å²) < 4.78 is 0. The van der Waals surface area contributed by atoms with Crippen LogP contribution in [0.2, 0.25) is 0 Å². The van der Waals surface area contributed by atoms with Crippen LogP contribution in [0.25, 0.3) is 0 Å². The second kappa shape index (κ2) is 6.23. The molecule has 0 aromatic carbocycles. The van der Waals surface area contributed by atoms with Gasteiger partial charge in [0, 0.05) is 13.0 Å². The number of carbonyl (C=O) groups excluding carboxylic acids is 3. The smallest absolute Gasteiger partial charge is 0.323 e. The van der Waals surface area contributed by atoms with Crippen LogP contribution in [-0.2, 0) is 16.0 Å². The van der Waals surface area contributed by atoms with E-state index in [1.165, 1.54) is 11.3 Å². The van der Waals surface area contributed by atoms with Crippen molar-refractivity contribution < 1.29 is 14.4 Å². The minimum absolute atomic E-state index is 0.0519. The van der Waals surface area contributed by atoms with Crippen molar-refractivity contribution in [2.75, 3.05) is 11.9 Å². The van der Waals surface area contributed by atoms with Crippen molar-refractivity contribution in [2.24, 2.45) is 0 Å². The zero-order valence-electron chi connectivity index (χ0n) is 12.9. The number of imide groups is 1. The van der Waals surface area contributed by atoms with Gasteiger partial charge >= 0.3 is 6.03 Å². The van der Waals surface area contributed by atoms with Crippen LogP contribution in [-0.4, -0.2) is 45.0 Å². The van der Waals surface area contributed by atoms with Crippen LogP contribution in [0.3, 0.4) is 0 Å². The molecule has 9 heteroatoms. The van der Waals surface area contributed by atoms with Crippen molar-refractivity contribution in [3.63, 3.8) is 0 Å². The Kier molecular flexibility index (Phi) is 4.29. The number of hydrogen-bond acceptors (Lipinski definition) is 6. The third-order valence-corrected chi connectivity index (χ3v) is 5.26. The van der Waals surface area contributed by atoms with Crippen molar-refractivity contribution in [1.29, 1.82) is 0 Å². The fourth-order valence-corrected chi connectivity index (χ4v) is 3.73. The first-order valence-corrected chi connectivity index (χ1v) is 8.62. The molecule has 1 aromatic heterocycles. The third kappa shape index (κ3) is 3.05. The Morgan fingerprint density at radius 3 is 2.74 bits per heavy atom. The van der Waals surface area contributed by atoms with E-state index in [1.54, 1.807) is 0 Å². The second-order valence-electron chi connectivity index (χ2n) is 5.83. The van der Waals surface area contributed by atoms with Gasteiger partial charge in [0.1, 0.15) is 10.5 Å². The zero-order chi connectivity index (χ0) is 16.4.